The van der Waals surface area contributed by atoms with Crippen molar-refractivity contribution in [2.24, 2.45) is 0 Å². The molecule has 0 aromatic heterocycles. The van der Waals surface area contributed by atoms with Crippen molar-refractivity contribution in [3.05, 3.63) is 28.8 Å². The molecule has 8 heteroatoms. The van der Waals surface area contributed by atoms with E-state index in [0.29, 0.717) is 50.0 Å². The van der Waals surface area contributed by atoms with Crippen LogP contribution in [0.2, 0.25) is 5.02 Å². The molecule has 2 fully saturated rings. The van der Waals surface area contributed by atoms with Crippen molar-refractivity contribution in [3.63, 3.8) is 0 Å². The molecule has 2 heterocycles. The number of piperazine rings is 1. The number of rotatable bonds is 1. The van der Waals surface area contributed by atoms with Gasteiger partial charge in [0.05, 0.1) is 10.7 Å². The number of benzene rings is 1. The maximum atomic E-state index is 12.4. The Morgan fingerprint density at radius 3 is 2.00 bits per heavy atom. The number of nitrogens with one attached hydrogen (secondary N) is 1. The first-order valence-electron chi connectivity index (χ1n) is 8.86. The molecular weight excluding hydrogens is 356 g/mol. The summed E-state index contributed by atoms with van der Waals surface area (Å²) in [4.78, 5) is 41.7. The largest absolute Gasteiger partial charge is 0.334 e. The maximum absolute atomic E-state index is 12.4. The first-order chi connectivity index (χ1) is 12.5. The van der Waals surface area contributed by atoms with E-state index in [0.717, 1.165) is 18.4 Å². The minimum Gasteiger partial charge on any atom is -0.334 e. The van der Waals surface area contributed by atoms with Crippen molar-refractivity contribution >= 4 is 35.1 Å². The highest BCUT2D eigenvalue weighted by molar-refractivity contribution is 6.35. The number of anilines is 1. The average molecular weight is 379 g/mol. The summed E-state index contributed by atoms with van der Waals surface area (Å²) in [6.07, 6.45) is 1.91. The first kappa shape index (κ1) is 18.5. The number of likely N-dealkylation sites (tertiary alicyclic amines) is 1. The number of hydrogen-bond donors (Lipinski definition) is 1. The normalized spacial score (nSPS) is 17.4. The lowest BCUT2D eigenvalue weighted by Crippen LogP contribution is -2.54. The molecule has 3 rings (SSSR count). The van der Waals surface area contributed by atoms with Crippen LogP contribution < -0.4 is 5.32 Å². The number of carbonyl (C=O) groups excluding carboxylic acids is 3. The van der Waals surface area contributed by atoms with Gasteiger partial charge in [0, 0.05) is 39.3 Å². The summed E-state index contributed by atoms with van der Waals surface area (Å²) >= 11 is 6.15. The van der Waals surface area contributed by atoms with Crippen molar-refractivity contribution in [1.29, 1.82) is 0 Å². The molecule has 2 aliphatic rings. The summed E-state index contributed by atoms with van der Waals surface area (Å²) in [6.45, 7) is 4.72. The van der Waals surface area contributed by atoms with Crippen molar-refractivity contribution in [2.75, 3.05) is 44.6 Å². The van der Waals surface area contributed by atoms with Crippen LogP contribution in [0.4, 0.5) is 10.5 Å². The standard InChI is InChI=1S/C18H23ClN4O3/c1-13-4-5-15(14(19)12-13)20-18(26)23-10-8-22(9-11-23)17(25)16(24)21-6-2-3-7-21/h4-5,12H,2-3,6-11H2,1H3,(H,20,26). The summed E-state index contributed by atoms with van der Waals surface area (Å²) in [5, 5.41) is 3.28. The van der Waals surface area contributed by atoms with E-state index < -0.39 is 11.8 Å². The molecule has 0 atom stereocenters. The monoisotopic (exact) mass is 378 g/mol. The van der Waals surface area contributed by atoms with E-state index in [1.165, 1.54) is 4.90 Å². The van der Waals surface area contributed by atoms with E-state index in [9.17, 15) is 14.4 Å². The SMILES string of the molecule is Cc1ccc(NC(=O)N2CCN(C(=O)C(=O)N3CCCC3)CC2)c(Cl)c1. The van der Waals surface area contributed by atoms with Gasteiger partial charge in [0.2, 0.25) is 0 Å². The lowest BCUT2D eigenvalue weighted by Gasteiger charge is -2.35. The van der Waals surface area contributed by atoms with Gasteiger partial charge in [0.25, 0.3) is 0 Å². The smallest absolute Gasteiger partial charge is 0.322 e. The Morgan fingerprint density at radius 2 is 1.42 bits per heavy atom. The van der Waals surface area contributed by atoms with Gasteiger partial charge in [0.1, 0.15) is 0 Å². The van der Waals surface area contributed by atoms with Gasteiger partial charge in [-0.1, -0.05) is 17.7 Å². The van der Waals surface area contributed by atoms with Crippen LogP contribution in [0, 0.1) is 6.92 Å². The quantitative estimate of drug-likeness (QED) is 0.759. The Hall–Kier alpha value is -2.28. The molecule has 0 spiro atoms. The first-order valence-corrected chi connectivity index (χ1v) is 9.24. The summed E-state index contributed by atoms with van der Waals surface area (Å²) in [5.74, 6) is -0.889. The second-order valence-electron chi connectivity index (χ2n) is 6.69. The molecule has 1 aromatic carbocycles. The Balaban J connectivity index is 1.52. The molecule has 1 aromatic rings. The Morgan fingerprint density at radius 1 is 0.885 bits per heavy atom. The summed E-state index contributed by atoms with van der Waals surface area (Å²) in [7, 11) is 0. The minimum absolute atomic E-state index is 0.256. The van der Waals surface area contributed by atoms with Gasteiger partial charge >= 0.3 is 17.8 Å². The number of carbonyl (C=O) groups is 3. The number of hydrogen-bond acceptors (Lipinski definition) is 3. The predicted molar refractivity (Wildman–Crippen MR) is 99.2 cm³/mol. The second-order valence-corrected chi connectivity index (χ2v) is 7.10. The van der Waals surface area contributed by atoms with Gasteiger partial charge in [-0.3, -0.25) is 9.59 Å². The van der Waals surface area contributed by atoms with Gasteiger partial charge in [-0.15, -0.1) is 0 Å². The van der Waals surface area contributed by atoms with E-state index in [1.54, 1.807) is 21.9 Å². The van der Waals surface area contributed by atoms with Crippen LogP contribution >= 0.6 is 11.6 Å². The molecular formula is C18H23ClN4O3. The van der Waals surface area contributed by atoms with Crippen LogP contribution in [0.25, 0.3) is 0 Å². The minimum atomic E-state index is -0.464. The van der Waals surface area contributed by atoms with Crippen LogP contribution in [-0.4, -0.2) is 71.8 Å². The third-order valence-corrected chi connectivity index (χ3v) is 5.11. The zero-order chi connectivity index (χ0) is 18.7. The molecule has 26 heavy (non-hydrogen) atoms. The number of halogens is 1. The third kappa shape index (κ3) is 4.09. The lowest BCUT2D eigenvalue weighted by atomic mass is 10.2. The topological polar surface area (TPSA) is 73.0 Å². The van der Waals surface area contributed by atoms with Crippen molar-refractivity contribution in [2.45, 2.75) is 19.8 Å². The molecule has 0 unspecified atom stereocenters. The zero-order valence-corrected chi connectivity index (χ0v) is 15.6. The molecule has 0 aliphatic carbocycles. The van der Waals surface area contributed by atoms with Crippen LogP contribution in [-0.2, 0) is 9.59 Å². The van der Waals surface area contributed by atoms with Crippen LogP contribution in [0.3, 0.4) is 0 Å². The number of amides is 4. The van der Waals surface area contributed by atoms with Crippen LogP contribution in [0.5, 0.6) is 0 Å². The third-order valence-electron chi connectivity index (χ3n) is 4.80. The van der Waals surface area contributed by atoms with Gasteiger partial charge < -0.3 is 20.0 Å². The highest BCUT2D eigenvalue weighted by Crippen LogP contribution is 2.23. The van der Waals surface area contributed by atoms with Crippen molar-refractivity contribution in [1.82, 2.24) is 14.7 Å². The van der Waals surface area contributed by atoms with Crippen molar-refractivity contribution < 1.29 is 14.4 Å². The lowest BCUT2D eigenvalue weighted by molar-refractivity contribution is -0.152. The second kappa shape index (κ2) is 7.95. The van der Waals surface area contributed by atoms with Gasteiger partial charge in [-0.25, -0.2) is 4.79 Å². The van der Waals surface area contributed by atoms with Gasteiger partial charge in [0.15, 0.2) is 0 Å². The van der Waals surface area contributed by atoms with E-state index >= 15 is 0 Å². The molecule has 0 saturated carbocycles. The Kier molecular flexibility index (Phi) is 5.66. The molecule has 0 radical (unpaired) electrons. The molecule has 7 nitrogen and oxygen atoms in total. The fourth-order valence-corrected chi connectivity index (χ4v) is 3.50. The molecule has 0 bridgehead atoms. The summed E-state index contributed by atoms with van der Waals surface area (Å²) < 4.78 is 0. The molecule has 4 amide bonds. The molecule has 140 valence electrons. The molecule has 2 saturated heterocycles. The van der Waals surface area contributed by atoms with Gasteiger partial charge in [-0.05, 0) is 37.5 Å². The fourth-order valence-electron chi connectivity index (χ4n) is 3.22. The fraction of sp³-hybridized carbons (Fsp3) is 0.500. The predicted octanol–water partition coefficient (Wildman–Crippen LogP) is 1.95. The van der Waals surface area contributed by atoms with Gasteiger partial charge in [-0.2, -0.15) is 0 Å². The average Bonchev–Trinajstić information content (AvgIpc) is 3.17. The van der Waals surface area contributed by atoms with Crippen LogP contribution in [0.1, 0.15) is 18.4 Å². The van der Waals surface area contributed by atoms with E-state index in [4.69, 9.17) is 11.6 Å². The number of nitrogens with zero attached hydrogens (tertiary/aromatic N) is 3. The number of urea groups is 1. The summed E-state index contributed by atoms with van der Waals surface area (Å²) in [5.41, 5.74) is 1.58. The summed E-state index contributed by atoms with van der Waals surface area (Å²) in [6, 6.07) is 5.18. The van der Waals surface area contributed by atoms with E-state index in [2.05, 4.69) is 5.32 Å². The van der Waals surface area contributed by atoms with E-state index in [-0.39, 0.29) is 6.03 Å². The maximum Gasteiger partial charge on any atom is 0.322 e. The zero-order valence-electron chi connectivity index (χ0n) is 14.8. The number of aryl methyl sites for hydroxylation is 1. The molecule has 2 aliphatic heterocycles. The highest BCUT2D eigenvalue weighted by atomic mass is 35.5. The van der Waals surface area contributed by atoms with Crippen molar-refractivity contribution in [3.8, 4) is 0 Å². The van der Waals surface area contributed by atoms with E-state index in [1.807, 2.05) is 13.0 Å². The molecule has 1 N–H and O–H groups in total. The van der Waals surface area contributed by atoms with Crippen LogP contribution in [0.15, 0.2) is 18.2 Å². The Labute approximate surface area is 157 Å². The Bertz CT molecular complexity index is 710. The highest BCUT2D eigenvalue weighted by Gasteiger charge is 2.31.